The normalized spacial score (nSPS) is 19.8. The van der Waals surface area contributed by atoms with Crippen molar-refractivity contribution < 1.29 is 0 Å². The van der Waals surface area contributed by atoms with E-state index in [4.69, 9.17) is 40.5 Å². The molecule has 16 heavy (non-hydrogen) atoms. The van der Waals surface area contributed by atoms with Crippen molar-refractivity contribution in [3.8, 4) is 0 Å². The summed E-state index contributed by atoms with van der Waals surface area (Å²) >= 11 is 18.3. The lowest BCUT2D eigenvalue weighted by molar-refractivity contribution is 0.548. The van der Waals surface area contributed by atoms with Crippen LogP contribution in [-0.2, 0) is 0 Å². The summed E-state index contributed by atoms with van der Waals surface area (Å²) in [6.45, 7) is 1.56. The first-order chi connectivity index (χ1) is 7.49. The fraction of sp³-hybridized carbons (Fsp3) is 0.455. The highest BCUT2D eigenvalue weighted by atomic mass is 35.5. The smallest absolute Gasteiger partial charge is 0.121 e. The number of nitrogens with two attached hydrogens (primary N) is 1. The van der Waals surface area contributed by atoms with Gasteiger partial charge in [-0.25, -0.2) is 0 Å². The van der Waals surface area contributed by atoms with Gasteiger partial charge in [-0.3, -0.25) is 0 Å². The first kappa shape index (κ1) is 12.2. The number of benzene rings is 1. The Morgan fingerprint density at radius 2 is 1.81 bits per heavy atom. The molecular formula is C11H13Cl3N2. The minimum atomic E-state index is -0.605. The first-order valence-corrected chi connectivity index (χ1v) is 6.30. The minimum Gasteiger partial charge on any atom is -0.397 e. The predicted molar refractivity (Wildman–Crippen MR) is 71.7 cm³/mol. The highest BCUT2D eigenvalue weighted by molar-refractivity contribution is 6.48. The lowest BCUT2D eigenvalue weighted by Crippen LogP contribution is -2.38. The van der Waals surface area contributed by atoms with Gasteiger partial charge in [0.2, 0.25) is 0 Å². The van der Waals surface area contributed by atoms with Crippen LogP contribution in [0.25, 0.3) is 0 Å². The van der Waals surface area contributed by atoms with Gasteiger partial charge in [0.05, 0.1) is 16.4 Å². The molecule has 0 aliphatic carbocycles. The molecule has 0 amide bonds. The van der Waals surface area contributed by atoms with Gasteiger partial charge < -0.3 is 10.6 Å². The van der Waals surface area contributed by atoms with Gasteiger partial charge in [0.1, 0.15) is 4.33 Å². The zero-order valence-corrected chi connectivity index (χ0v) is 11.0. The quantitative estimate of drug-likeness (QED) is 0.627. The lowest BCUT2D eigenvalue weighted by Gasteiger charge is -2.36. The van der Waals surface area contributed by atoms with Crippen LogP contribution in [0.3, 0.4) is 0 Å². The van der Waals surface area contributed by atoms with Crippen molar-refractivity contribution in [1.82, 2.24) is 0 Å². The predicted octanol–water partition coefficient (Wildman–Crippen LogP) is 3.70. The Bertz CT molecular complexity index is 363. The second kappa shape index (κ2) is 4.52. The molecule has 2 rings (SSSR count). The second-order valence-corrected chi connectivity index (χ2v) is 6.07. The average Bonchev–Trinajstić information content (AvgIpc) is 2.20. The molecule has 2 nitrogen and oxygen atoms in total. The molecule has 88 valence electrons. The van der Waals surface area contributed by atoms with Crippen molar-refractivity contribution >= 4 is 46.2 Å². The van der Waals surface area contributed by atoms with E-state index in [0.717, 1.165) is 31.6 Å². The van der Waals surface area contributed by atoms with Crippen molar-refractivity contribution in [3.63, 3.8) is 0 Å². The van der Waals surface area contributed by atoms with Crippen molar-refractivity contribution in [3.05, 3.63) is 23.2 Å². The Morgan fingerprint density at radius 1 is 1.19 bits per heavy atom. The highest BCUT2D eigenvalue weighted by Crippen LogP contribution is 2.39. The number of nitrogen functional groups attached to an aromatic ring is 1. The van der Waals surface area contributed by atoms with E-state index < -0.39 is 4.33 Å². The van der Waals surface area contributed by atoms with Gasteiger partial charge in [-0.05, 0) is 25.0 Å². The zero-order valence-electron chi connectivity index (χ0n) is 8.72. The molecule has 2 N–H and O–H groups in total. The van der Waals surface area contributed by atoms with E-state index in [1.54, 1.807) is 0 Å². The Hall–Kier alpha value is -0.310. The number of piperidine rings is 1. The van der Waals surface area contributed by atoms with E-state index >= 15 is 0 Å². The van der Waals surface area contributed by atoms with Gasteiger partial charge in [0.15, 0.2) is 0 Å². The molecule has 1 aliphatic heterocycles. The number of hydrogen-bond donors (Lipinski definition) is 1. The van der Waals surface area contributed by atoms with Gasteiger partial charge in [-0.2, -0.15) is 0 Å². The summed E-state index contributed by atoms with van der Waals surface area (Å²) in [6.07, 6.45) is 1.45. The molecule has 0 unspecified atom stereocenters. The first-order valence-electron chi connectivity index (χ1n) is 5.16. The maximum atomic E-state index is 6.15. The molecule has 0 spiro atoms. The molecule has 1 aromatic carbocycles. The molecule has 5 heteroatoms. The Balaban J connectivity index is 2.20. The van der Waals surface area contributed by atoms with Gasteiger partial charge in [0, 0.05) is 13.1 Å². The molecule has 1 aliphatic rings. The molecule has 0 radical (unpaired) electrons. The lowest BCUT2D eigenvalue weighted by atomic mass is 10.1. The maximum absolute atomic E-state index is 6.15. The molecule has 0 aromatic heterocycles. The summed E-state index contributed by atoms with van der Waals surface area (Å²) in [4.78, 5) is 2.14. The highest BCUT2D eigenvalue weighted by Gasteiger charge is 2.31. The second-order valence-electron chi connectivity index (χ2n) is 4.02. The molecule has 0 bridgehead atoms. The topological polar surface area (TPSA) is 29.3 Å². The van der Waals surface area contributed by atoms with E-state index in [-0.39, 0.29) is 0 Å². The number of alkyl halides is 2. The third-order valence-electron chi connectivity index (χ3n) is 2.83. The van der Waals surface area contributed by atoms with Crippen LogP contribution in [0.4, 0.5) is 11.4 Å². The van der Waals surface area contributed by atoms with Crippen molar-refractivity contribution in [2.75, 3.05) is 23.7 Å². The van der Waals surface area contributed by atoms with Gasteiger partial charge >= 0.3 is 0 Å². The van der Waals surface area contributed by atoms with Crippen molar-refractivity contribution in [2.24, 2.45) is 0 Å². The standard InChI is InChI=1S/C11H13Cl3N2/c12-8-2-1-3-9(15)10(8)16-6-4-11(13,14)5-7-16/h1-3H,4-7,15H2. The molecule has 1 heterocycles. The fourth-order valence-corrected chi connectivity index (χ4v) is 2.56. The van der Waals surface area contributed by atoms with Crippen LogP contribution in [-0.4, -0.2) is 17.4 Å². The molecule has 1 fully saturated rings. The van der Waals surface area contributed by atoms with Crippen LogP contribution < -0.4 is 10.6 Å². The summed E-state index contributed by atoms with van der Waals surface area (Å²) in [7, 11) is 0. The number of nitrogens with zero attached hydrogens (tertiary/aromatic N) is 1. The van der Waals surface area contributed by atoms with Crippen molar-refractivity contribution in [2.45, 2.75) is 17.2 Å². The molecule has 1 saturated heterocycles. The summed E-state index contributed by atoms with van der Waals surface area (Å²) in [5, 5.41) is 0.677. The van der Waals surface area contributed by atoms with Crippen LogP contribution in [0.15, 0.2) is 18.2 Å². The van der Waals surface area contributed by atoms with Gasteiger partial charge in [-0.15, -0.1) is 23.2 Å². The Labute approximate surface area is 110 Å². The third kappa shape index (κ3) is 2.50. The van der Waals surface area contributed by atoms with E-state index in [1.165, 1.54) is 0 Å². The largest absolute Gasteiger partial charge is 0.397 e. The number of anilines is 2. The van der Waals surface area contributed by atoms with Crippen molar-refractivity contribution in [1.29, 1.82) is 0 Å². The summed E-state index contributed by atoms with van der Waals surface area (Å²) < 4.78 is -0.605. The number of rotatable bonds is 1. The molecular weight excluding hydrogens is 266 g/mol. The summed E-state index contributed by atoms with van der Waals surface area (Å²) in [5.74, 6) is 0. The third-order valence-corrected chi connectivity index (χ3v) is 3.89. The van der Waals surface area contributed by atoms with Crippen LogP contribution >= 0.6 is 34.8 Å². The Kier molecular flexibility index (Phi) is 3.43. The molecule has 0 atom stereocenters. The van der Waals surface area contributed by atoms with E-state index in [9.17, 15) is 0 Å². The van der Waals surface area contributed by atoms with E-state index in [1.807, 2.05) is 18.2 Å². The fourth-order valence-electron chi connectivity index (χ4n) is 1.92. The zero-order chi connectivity index (χ0) is 11.8. The van der Waals surface area contributed by atoms with E-state index in [2.05, 4.69) is 4.90 Å². The number of para-hydroxylation sites is 1. The maximum Gasteiger partial charge on any atom is 0.121 e. The van der Waals surface area contributed by atoms with Crippen LogP contribution in [0.2, 0.25) is 5.02 Å². The van der Waals surface area contributed by atoms with Gasteiger partial charge in [0.25, 0.3) is 0 Å². The Morgan fingerprint density at radius 3 is 2.38 bits per heavy atom. The summed E-state index contributed by atoms with van der Waals surface area (Å²) in [5.41, 5.74) is 7.52. The molecule has 1 aromatic rings. The van der Waals surface area contributed by atoms with Crippen LogP contribution in [0, 0.1) is 0 Å². The number of halogens is 3. The SMILES string of the molecule is Nc1cccc(Cl)c1N1CCC(Cl)(Cl)CC1. The minimum absolute atomic E-state index is 0.605. The average molecular weight is 280 g/mol. The van der Waals surface area contributed by atoms with Crippen LogP contribution in [0.1, 0.15) is 12.8 Å². The van der Waals surface area contributed by atoms with Crippen LogP contribution in [0.5, 0.6) is 0 Å². The van der Waals surface area contributed by atoms with E-state index in [0.29, 0.717) is 10.7 Å². The number of hydrogen-bond acceptors (Lipinski definition) is 2. The monoisotopic (exact) mass is 278 g/mol. The molecule has 0 saturated carbocycles. The summed E-state index contributed by atoms with van der Waals surface area (Å²) in [6, 6.07) is 5.54. The van der Waals surface area contributed by atoms with Gasteiger partial charge in [-0.1, -0.05) is 17.7 Å².